The summed E-state index contributed by atoms with van der Waals surface area (Å²) < 4.78 is 12.1. The molecule has 3 atom stereocenters. The molecule has 1 aromatic rings. The van der Waals surface area contributed by atoms with E-state index < -0.39 is 0 Å². The van der Waals surface area contributed by atoms with Gasteiger partial charge < -0.3 is 14.8 Å². The summed E-state index contributed by atoms with van der Waals surface area (Å²) in [6.45, 7) is 10.3. The van der Waals surface area contributed by atoms with Gasteiger partial charge in [-0.15, -0.1) is 0 Å². The van der Waals surface area contributed by atoms with Gasteiger partial charge in [0.25, 0.3) is 0 Å². The van der Waals surface area contributed by atoms with Crippen molar-refractivity contribution in [2.24, 2.45) is 0 Å². The fraction of sp³-hybridized carbons (Fsp3) is 0.647. The van der Waals surface area contributed by atoms with E-state index in [0.717, 1.165) is 31.7 Å². The Kier molecular flexibility index (Phi) is 5.44. The first kappa shape index (κ1) is 15.3. The van der Waals surface area contributed by atoms with E-state index in [1.54, 1.807) is 0 Å². The summed E-state index contributed by atoms with van der Waals surface area (Å²) in [7, 11) is 0. The predicted octanol–water partition coefficient (Wildman–Crippen LogP) is 3.23. The minimum absolute atomic E-state index is 0.174. The Bertz CT molecular complexity index is 433. The molecule has 0 saturated heterocycles. The van der Waals surface area contributed by atoms with E-state index in [4.69, 9.17) is 9.47 Å². The van der Waals surface area contributed by atoms with Crippen molar-refractivity contribution < 1.29 is 9.47 Å². The molecular formula is C17H27NO2. The molecule has 0 amide bonds. The van der Waals surface area contributed by atoms with Crippen LogP contribution in [-0.2, 0) is 4.74 Å². The zero-order valence-electron chi connectivity index (χ0n) is 13.1. The second kappa shape index (κ2) is 7.09. The summed E-state index contributed by atoms with van der Waals surface area (Å²) in [5, 5.41) is 3.47. The molecule has 112 valence electrons. The van der Waals surface area contributed by atoms with Crippen LogP contribution in [0.2, 0.25) is 0 Å². The number of hydrogen-bond acceptors (Lipinski definition) is 3. The van der Waals surface area contributed by atoms with Crippen LogP contribution in [0.4, 0.5) is 0 Å². The predicted molar refractivity (Wildman–Crippen MR) is 82.4 cm³/mol. The summed E-state index contributed by atoms with van der Waals surface area (Å²) in [5.41, 5.74) is 2.58. The molecule has 0 spiro atoms. The summed E-state index contributed by atoms with van der Waals surface area (Å²) in [4.78, 5) is 0. The van der Waals surface area contributed by atoms with Gasteiger partial charge >= 0.3 is 0 Å². The number of likely N-dealkylation sites (N-methyl/N-ethyl adjacent to an activating group) is 1. The highest BCUT2D eigenvalue weighted by atomic mass is 16.5. The fourth-order valence-electron chi connectivity index (χ4n) is 2.60. The smallest absolute Gasteiger partial charge is 0.128 e. The van der Waals surface area contributed by atoms with Gasteiger partial charge in [0.1, 0.15) is 18.0 Å². The Morgan fingerprint density at radius 2 is 2.00 bits per heavy atom. The maximum absolute atomic E-state index is 6.11. The topological polar surface area (TPSA) is 30.5 Å². The van der Waals surface area contributed by atoms with Gasteiger partial charge in [0.2, 0.25) is 0 Å². The van der Waals surface area contributed by atoms with Gasteiger partial charge in [0, 0.05) is 19.1 Å². The number of rotatable bonds is 7. The van der Waals surface area contributed by atoms with Crippen molar-refractivity contribution in [3.8, 4) is 5.75 Å². The van der Waals surface area contributed by atoms with Crippen LogP contribution in [-0.4, -0.2) is 31.4 Å². The van der Waals surface area contributed by atoms with Gasteiger partial charge in [0.15, 0.2) is 0 Å². The molecule has 3 nitrogen and oxygen atoms in total. The Labute approximate surface area is 122 Å². The third-order valence-electron chi connectivity index (χ3n) is 4.00. The first-order valence-electron chi connectivity index (χ1n) is 7.74. The van der Waals surface area contributed by atoms with Gasteiger partial charge in [-0.3, -0.25) is 0 Å². The van der Waals surface area contributed by atoms with Gasteiger partial charge in [-0.25, -0.2) is 0 Å². The molecule has 3 unspecified atom stereocenters. The van der Waals surface area contributed by atoms with E-state index in [-0.39, 0.29) is 12.2 Å². The molecule has 2 rings (SSSR count). The molecule has 1 saturated carbocycles. The SMILES string of the molecule is CCCOC1C(NCC)CC1Oc1ccc(C)c(C)c1. The summed E-state index contributed by atoms with van der Waals surface area (Å²) >= 11 is 0. The van der Waals surface area contributed by atoms with E-state index in [1.165, 1.54) is 11.1 Å². The molecule has 0 radical (unpaired) electrons. The Morgan fingerprint density at radius 1 is 1.20 bits per heavy atom. The Balaban J connectivity index is 1.95. The van der Waals surface area contributed by atoms with Crippen molar-refractivity contribution in [3.63, 3.8) is 0 Å². The van der Waals surface area contributed by atoms with Crippen molar-refractivity contribution >= 4 is 0 Å². The second-order valence-electron chi connectivity index (χ2n) is 5.64. The highest BCUT2D eigenvalue weighted by Gasteiger charge is 2.43. The van der Waals surface area contributed by atoms with Crippen molar-refractivity contribution in [1.29, 1.82) is 0 Å². The molecule has 0 aromatic heterocycles. The summed E-state index contributed by atoms with van der Waals surface area (Å²) in [5.74, 6) is 0.957. The lowest BCUT2D eigenvalue weighted by molar-refractivity contribution is -0.107. The number of nitrogens with one attached hydrogen (secondary N) is 1. The molecule has 20 heavy (non-hydrogen) atoms. The van der Waals surface area contributed by atoms with Crippen molar-refractivity contribution in [1.82, 2.24) is 5.32 Å². The van der Waals surface area contributed by atoms with E-state index >= 15 is 0 Å². The second-order valence-corrected chi connectivity index (χ2v) is 5.64. The monoisotopic (exact) mass is 277 g/mol. The molecule has 3 heteroatoms. The molecule has 0 heterocycles. The van der Waals surface area contributed by atoms with E-state index in [0.29, 0.717) is 6.04 Å². The lowest BCUT2D eigenvalue weighted by atomic mass is 9.85. The number of aryl methyl sites for hydroxylation is 2. The maximum atomic E-state index is 6.11. The van der Waals surface area contributed by atoms with Gasteiger partial charge in [0.05, 0.1) is 0 Å². The van der Waals surface area contributed by atoms with Crippen LogP contribution >= 0.6 is 0 Å². The molecule has 1 N–H and O–H groups in total. The van der Waals surface area contributed by atoms with Crippen LogP contribution in [0.15, 0.2) is 18.2 Å². The Hall–Kier alpha value is -1.06. The Morgan fingerprint density at radius 3 is 2.65 bits per heavy atom. The van der Waals surface area contributed by atoms with Crippen LogP contribution in [0.3, 0.4) is 0 Å². The fourth-order valence-corrected chi connectivity index (χ4v) is 2.60. The highest BCUT2D eigenvalue weighted by molar-refractivity contribution is 5.34. The summed E-state index contributed by atoms with van der Waals surface area (Å²) in [6, 6.07) is 6.72. The van der Waals surface area contributed by atoms with Crippen molar-refractivity contribution in [2.75, 3.05) is 13.2 Å². The zero-order chi connectivity index (χ0) is 14.5. The molecule has 0 bridgehead atoms. The minimum Gasteiger partial charge on any atom is -0.488 e. The number of benzene rings is 1. The first-order valence-corrected chi connectivity index (χ1v) is 7.74. The normalized spacial score (nSPS) is 25.3. The molecule has 0 aliphatic heterocycles. The highest BCUT2D eigenvalue weighted by Crippen LogP contribution is 2.30. The number of ether oxygens (including phenoxy) is 2. The van der Waals surface area contributed by atoms with Crippen LogP contribution in [0.1, 0.15) is 37.8 Å². The third-order valence-corrected chi connectivity index (χ3v) is 4.00. The van der Waals surface area contributed by atoms with Crippen molar-refractivity contribution in [3.05, 3.63) is 29.3 Å². The quantitative estimate of drug-likeness (QED) is 0.830. The van der Waals surface area contributed by atoms with Gasteiger partial charge in [-0.1, -0.05) is 19.9 Å². The van der Waals surface area contributed by atoms with Crippen LogP contribution in [0.25, 0.3) is 0 Å². The molecule has 1 aromatic carbocycles. The van der Waals surface area contributed by atoms with Crippen LogP contribution in [0.5, 0.6) is 5.75 Å². The lowest BCUT2D eigenvalue weighted by Crippen LogP contribution is -2.61. The van der Waals surface area contributed by atoms with Gasteiger partial charge in [-0.05, 0) is 50.1 Å². The lowest BCUT2D eigenvalue weighted by Gasteiger charge is -2.44. The van der Waals surface area contributed by atoms with E-state index in [9.17, 15) is 0 Å². The standard InChI is InChI=1S/C17H27NO2/c1-5-9-19-17-15(18-6-2)11-16(17)20-14-8-7-12(3)13(4)10-14/h7-8,10,15-18H,5-6,9,11H2,1-4H3. The summed E-state index contributed by atoms with van der Waals surface area (Å²) in [6.07, 6.45) is 2.42. The average Bonchev–Trinajstić information content (AvgIpc) is 2.42. The first-order chi connectivity index (χ1) is 9.65. The average molecular weight is 277 g/mol. The number of hydrogen-bond donors (Lipinski definition) is 1. The van der Waals surface area contributed by atoms with Crippen LogP contribution < -0.4 is 10.1 Å². The molecule has 1 fully saturated rings. The molecular weight excluding hydrogens is 250 g/mol. The van der Waals surface area contributed by atoms with E-state index in [2.05, 4.69) is 51.2 Å². The van der Waals surface area contributed by atoms with Crippen LogP contribution in [0, 0.1) is 13.8 Å². The maximum Gasteiger partial charge on any atom is 0.128 e. The molecule has 1 aliphatic carbocycles. The minimum atomic E-state index is 0.174. The van der Waals surface area contributed by atoms with Crippen molar-refractivity contribution in [2.45, 2.75) is 58.8 Å². The largest absolute Gasteiger partial charge is 0.488 e. The zero-order valence-corrected chi connectivity index (χ0v) is 13.1. The van der Waals surface area contributed by atoms with Gasteiger partial charge in [-0.2, -0.15) is 0 Å². The van der Waals surface area contributed by atoms with E-state index in [1.807, 2.05) is 0 Å². The molecule has 1 aliphatic rings. The third kappa shape index (κ3) is 3.53.